The summed E-state index contributed by atoms with van der Waals surface area (Å²) in [6.45, 7) is 2.49. The minimum atomic E-state index is -1.78. The van der Waals surface area contributed by atoms with Crippen LogP contribution in [0.15, 0.2) is 72.9 Å². The molecule has 11 atom stereocenters. The average molecular weight is 1020 g/mol. The standard InChI is InChI=1S/C57H96O15/c1-3-5-7-9-11-13-15-17-19-21-22-24-26-28-30-32-34-36-38-40-49(60)70-45(42-67-48(59)39-37-35-33-31-29-27-25-23-20-18-16-14-12-10-8-6-4-2)43-68-56-55(66)53(64)51(62)47(72-56)44-69-57-54(65)52(63)50(61)46(41-58)71-57/h11-14,17-20,22,24,28,30,45-47,50-58,61-66H,3-10,15-16,21,23,25-27,29,31-44H2,1-2H3/b13-11+,14-12+,19-17+,20-18+,24-22+,30-28+/t45-,46+,47+,50-,51-,52?,53?,54?,55?,56+,57+/m1/s1. The molecule has 0 radical (unpaired) electrons. The Morgan fingerprint density at radius 3 is 1.32 bits per heavy atom. The van der Waals surface area contributed by atoms with E-state index in [1.54, 1.807) is 0 Å². The van der Waals surface area contributed by atoms with Gasteiger partial charge in [-0.25, -0.2) is 0 Å². The van der Waals surface area contributed by atoms with E-state index in [1.807, 2.05) is 0 Å². The Kier molecular flexibility index (Phi) is 39.0. The van der Waals surface area contributed by atoms with Gasteiger partial charge in [-0.1, -0.05) is 151 Å². The van der Waals surface area contributed by atoms with Crippen LogP contribution in [0.1, 0.15) is 181 Å². The van der Waals surface area contributed by atoms with Gasteiger partial charge in [0.1, 0.15) is 55.4 Å². The highest BCUT2D eigenvalue weighted by Gasteiger charge is 2.47. The van der Waals surface area contributed by atoms with E-state index in [2.05, 4.69) is 86.8 Å². The van der Waals surface area contributed by atoms with Crippen LogP contribution >= 0.6 is 0 Å². The SMILES string of the molecule is CCCCC/C=C/C/C=C/C/C=C/C/C=C/CCCCCC(=O)O[C@H](COC(=O)CCCCCCCCC/C=C/C/C=C/CCCCC)CO[C@H]1O[C@@H](CO[C@H]2O[C@@H](CO)[C@@H](O)C(O)C2O)[C@@H](O)C(O)C1O. The highest BCUT2D eigenvalue weighted by Crippen LogP contribution is 2.26. The van der Waals surface area contributed by atoms with Gasteiger partial charge >= 0.3 is 11.9 Å². The molecular weight excluding hydrogens is 925 g/mol. The zero-order valence-electron chi connectivity index (χ0n) is 43.9. The van der Waals surface area contributed by atoms with Gasteiger partial charge in [0.25, 0.3) is 0 Å². The Balaban J connectivity index is 1.81. The van der Waals surface area contributed by atoms with E-state index in [4.69, 9.17) is 28.4 Å². The van der Waals surface area contributed by atoms with Crippen LogP contribution in [0.4, 0.5) is 0 Å². The highest BCUT2D eigenvalue weighted by atomic mass is 16.7. The molecule has 2 heterocycles. The Morgan fingerprint density at radius 1 is 0.444 bits per heavy atom. The number of carbonyl (C=O) groups excluding carboxylic acids is 2. The van der Waals surface area contributed by atoms with E-state index in [0.717, 1.165) is 83.5 Å². The molecule has 0 aromatic rings. The molecule has 2 saturated heterocycles. The molecule has 0 saturated carbocycles. The molecule has 2 fully saturated rings. The van der Waals surface area contributed by atoms with Gasteiger partial charge in [-0.2, -0.15) is 0 Å². The first-order valence-electron chi connectivity index (χ1n) is 27.5. The predicted octanol–water partition coefficient (Wildman–Crippen LogP) is 8.60. The number of hydrogen-bond donors (Lipinski definition) is 7. The van der Waals surface area contributed by atoms with Crippen molar-refractivity contribution in [2.75, 3.05) is 26.4 Å². The van der Waals surface area contributed by atoms with E-state index in [0.29, 0.717) is 12.8 Å². The fraction of sp³-hybridized carbons (Fsp3) is 0.754. The minimum absolute atomic E-state index is 0.122. The molecule has 2 rings (SSSR count). The van der Waals surface area contributed by atoms with Gasteiger partial charge in [0.2, 0.25) is 0 Å². The number of carbonyl (C=O) groups is 2. The molecule has 2 aliphatic rings. The molecule has 7 N–H and O–H groups in total. The van der Waals surface area contributed by atoms with Gasteiger partial charge in [-0.3, -0.25) is 9.59 Å². The number of hydrogen-bond acceptors (Lipinski definition) is 15. The minimum Gasteiger partial charge on any atom is -0.462 e. The fourth-order valence-corrected chi connectivity index (χ4v) is 8.11. The third-order valence-electron chi connectivity index (χ3n) is 12.7. The van der Waals surface area contributed by atoms with Crippen LogP contribution < -0.4 is 0 Å². The maximum atomic E-state index is 13.0. The summed E-state index contributed by atoms with van der Waals surface area (Å²) in [5.74, 6) is -0.974. The molecule has 72 heavy (non-hydrogen) atoms. The Morgan fingerprint density at radius 2 is 0.833 bits per heavy atom. The summed E-state index contributed by atoms with van der Waals surface area (Å²) >= 11 is 0. The van der Waals surface area contributed by atoms with Crippen molar-refractivity contribution in [1.29, 1.82) is 0 Å². The number of esters is 2. The van der Waals surface area contributed by atoms with Crippen molar-refractivity contribution in [2.45, 2.75) is 248 Å². The van der Waals surface area contributed by atoms with Crippen molar-refractivity contribution in [1.82, 2.24) is 0 Å². The van der Waals surface area contributed by atoms with E-state index in [1.165, 1.54) is 57.8 Å². The first-order valence-corrected chi connectivity index (χ1v) is 27.5. The molecular formula is C57H96O15. The predicted molar refractivity (Wildman–Crippen MR) is 279 cm³/mol. The van der Waals surface area contributed by atoms with Gasteiger partial charge in [0.05, 0.1) is 19.8 Å². The molecule has 15 nitrogen and oxygen atoms in total. The summed E-state index contributed by atoms with van der Waals surface area (Å²) in [5, 5.41) is 72.2. The van der Waals surface area contributed by atoms with Crippen LogP contribution in [0.3, 0.4) is 0 Å². The molecule has 4 unspecified atom stereocenters. The quantitative estimate of drug-likeness (QED) is 0.0172. The number of rotatable bonds is 42. The van der Waals surface area contributed by atoms with Crippen LogP contribution in [-0.2, 0) is 38.0 Å². The smallest absolute Gasteiger partial charge is 0.306 e. The van der Waals surface area contributed by atoms with Crippen molar-refractivity contribution in [3.63, 3.8) is 0 Å². The molecule has 2 aliphatic heterocycles. The van der Waals surface area contributed by atoms with E-state index < -0.39 is 99.3 Å². The Hall–Kier alpha value is -3.06. The third kappa shape index (κ3) is 30.3. The number of aliphatic hydroxyl groups excluding tert-OH is 7. The first kappa shape index (κ1) is 65.1. The van der Waals surface area contributed by atoms with Crippen LogP contribution in [0, 0.1) is 0 Å². The van der Waals surface area contributed by atoms with Crippen LogP contribution in [0.5, 0.6) is 0 Å². The van der Waals surface area contributed by atoms with E-state index in [-0.39, 0.29) is 19.4 Å². The lowest BCUT2D eigenvalue weighted by Gasteiger charge is -2.42. The second kappa shape index (κ2) is 43.2. The molecule has 0 bridgehead atoms. The lowest BCUT2D eigenvalue weighted by molar-refractivity contribution is -0.332. The van der Waals surface area contributed by atoms with Crippen molar-refractivity contribution in [3.05, 3.63) is 72.9 Å². The van der Waals surface area contributed by atoms with Gasteiger partial charge in [-0.15, -0.1) is 0 Å². The molecule has 0 aromatic carbocycles. The third-order valence-corrected chi connectivity index (χ3v) is 12.7. The molecule has 0 aromatic heterocycles. The maximum Gasteiger partial charge on any atom is 0.306 e. The summed E-state index contributed by atoms with van der Waals surface area (Å²) in [6.07, 6.45) is 34.9. The van der Waals surface area contributed by atoms with E-state index >= 15 is 0 Å². The maximum absolute atomic E-state index is 13.0. The zero-order chi connectivity index (χ0) is 52.4. The van der Waals surface area contributed by atoms with Gasteiger partial charge in [0, 0.05) is 12.8 Å². The topological polar surface area (TPSA) is 231 Å². The Labute approximate surface area is 432 Å². The lowest BCUT2D eigenvalue weighted by Crippen LogP contribution is -2.61. The largest absolute Gasteiger partial charge is 0.462 e. The molecule has 0 amide bonds. The zero-order valence-corrected chi connectivity index (χ0v) is 43.9. The Bertz CT molecular complexity index is 1530. The van der Waals surface area contributed by atoms with Crippen molar-refractivity contribution < 1.29 is 73.8 Å². The van der Waals surface area contributed by atoms with E-state index in [9.17, 15) is 45.3 Å². The van der Waals surface area contributed by atoms with Gasteiger partial charge < -0.3 is 64.2 Å². The summed E-state index contributed by atoms with van der Waals surface area (Å²) < 4.78 is 33.6. The number of aliphatic hydroxyl groups is 7. The molecule has 0 aliphatic carbocycles. The van der Waals surface area contributed by atoms with Crippen LogP contribution in [0.25, 0.3) is 0 Å². The summed E-state index contributed by atoms with van der Waals surface area (Å²) in [6, 6.07) is 0. The van der Waals surface area contributed by atoms with Crippen LogP contribution in [-0.4, -0.2) is 142 Å². The van der Waals surface area contributed by atoms with Crippen molar-refractivity contribution >= 4 is 11.9 Å². The second-order valence-corrected chi connectivity index (χ2v) is 19.0. The first-order chi connectivity index (χ1) is 35.0. The van der Waals surface area contributed by atoms with Gasteiger partial charge in [0.15, 0.2) is 18.7 Å². The van der Waals surface area contributed by atoms with Crippen molar-refractivity contribution in [2.24, 2.45) is 0 Å². The summed E-state index contributed by atoms with van der Waals surface area (Å²) in [7, 11) is 0. The number of unbranched alkanes of at least 4 members (excludes halogenated alkanes) is 16. The highest BCUT2D eigenvalue weighted by molar-refractivity contribution is 5.70. The number of allylic oxidation sites excluding steroid dienone is 12. The second-order valence-electron chi connectivity index (χ2n) is 19.0. The lowest BCUT2D eigenvalue weighted by atomic mass is 9.98. The van der Waals surface area contributed by atoms with Gasteiger partial charge in [-0.05, 0) is 89.9 Å². The van der Waals surface area contributed by atoms with Crippen LogP contribution in [0.2, 0.25) is 0 Å². The van der Waals surface area contributed by atoms with Crippen molar-refractivity contribution in [3.8, 4) is 0 Å². The summed E-state index contributed by atoms with van der Waals surface area (Å²) in [4.78, 5) is 25.8. The summed E-state index contributed by atoms with van der Waals surface area (Å²) in [5.41, 5.74) is 0. The normalized spacial score (nSPS) is 25.6. The fourth-order valence-electron chi connectivity index (χ4n) is 8.11. The monoisotopic (exact) mass is 1020 g/mol. The molecule has 15 heteroatoms. The average Bonchev–Trinajstić information content (AvgIpc) is 3.37. The number of ether oxygens (including phenoxy) is 6. The molecule has 0 spiro atoms. The molecule has 414 valence electrons.